The lowest BCUT2D eigenvalue weighted by molar-refractivity contribution is -0.122. The van der Waals surface area contributed by atoms with Crippen LogP contribution in [0.25, 0.3) is 0 Å². The molecule has 0 heterocycles. The summed E-state index contributed by atoms with van der Waals surface area (Å²) >= 11 is 11.9. The van der Waals surface area contributed by atoms with Gasteiger partial charge in [0.25, 0.3) is 0 Å². The van der Waals surface area contributed by atoms with Gasteiger partial charge in [0.15, 0.2) is 0 Å². The van der Waals surface area contributed by atoms with Crippen LogP contribution < -0.4 is 10.2 Å². The summed E-state index contributed by atoms with van der Waals surface area (Å²) in [5.41, 5.74) is 0.635. The first-order valence-electron chi connectivity index (χ1n) is 6.49. The van der Waals surface area contributed by atoms with Crippen molar-refractivity contribution in [1.82, 2.24) is 5.32 Å². The van der Waals surface area contributed by atoms with E-state index in [9.17, 15) is 9.59 Å². The summed E-state index contributed by atoms with van der Waals surface area (Å²) in [6.45, 7) is 2.28. The van der Waals surface area contributed by atoms with E-state index in [1.165, 1.54) is 6.92 Å². The summed E-state index contributed by atoms with van der Waals surface area (Å²) in [5.74, 6) is 0.114. The Labute approximate surface area is 128 Å². The molecule has 1 N–H and O–H groups in total. The van der Waals surface area contributed by atoms with Gasteiger partial charge < -0.3 is 10.2 Å². The molecule has 4 nitrogen and oxygen atoms in total. The van der Waals surface area contributed by atoms with Crippen LogP contribution in [0.2, 0.25) is 10.0 Å². The number of rotatable bonds is 5. The van der Waals surface area contributed by atoms with Crippen molar-refractivity contribution >= 4 is 40.7 Å². The van der Waals surface area contributed by atoms with Gasteiger partial charge in [0.2, 0.25) is 11.8 Å². The molecule has 1 saturated carbocycles. The topological polar surface area (TPSA) is 49.4 Å². The van der Waals surface area contributed by atoms with Gasteiger partial charge in [0.05, 0.1) is 0 Å². The van der Waals surface area contributed by atoms with E-state index >= 15 is 0 Å². The highest BCUT2D eigenvalue weighted by Crippen LogP contribution is 2.28. The minimum Gasteiger partial charge on any atom is -0.354 e. The summed E-state index contributed by atoms with van der Waals surface area (Å²) in [4.78, 5) is 24.8. The lowest BCUT2D eigenvalue weighted by Gasteiger charge is -2.22. The van der Waals surface area contributed by atoms with E-state index in [0.29, 0.717) is 28.8 Å². The maximum absolute atomic E-state index is 11.7. The molecule has 1 aliphatic rings. The molecule has 1 aromatic rings. The Hall–Kier alpha value is -1.26. The quantitative estimate of drug-likeness (QED) is 0.908. The number of hydrogen-bond acceptors (Lipinski definition) is 2. The maximum Gasteiger partial charge on any atom is 0.223 e. The van der Waals surface area contributed by atoms with Gasteiger partial charge in [-0.05, 0) is 31.0 Å². The van der Waals surface area contributed by atoms with Crippen LogP contribution in [0.15, 0.2) is 18.2 Å². The number of carbonyl (C=O) groups excluding carboxylic acids is 2. The summed E-state index contributed by atoms with van der Waals surface area (Å²) in [6, 6.07) is 4.97. The van der Waals surface area contributed by atoms with Crippen LogP contribution in [0.5, 0.6) is 0 Å². The summed E-state index contributed by atoms with van der Waals surface area (Å²) in [5, 5.41) is 3.78. The highest BCUT2D eigenvalue weighted by atomic mass is 35.5. The lowest BCUT2D eigenvalue weighted by Crippen LogP contribution is -2.38. The normalized spacial score (nSPS) is 13.9. The molecule has 108 valence electrons. The minimum absolute atomic E-state index is 0.0672. The Balaban J connectivity index is 1.98. The molecule has 0 aromatic heterocycles. The van der Waals surface area contributed by atoms with Gasteiger partial charge in [-0.3, -0.25) is 9.59 Å². The van der Waals surface area contributed by atoms with Gasteiger partial charge in [-0.1, -0.05) is 23.2 Å². The molecule has 0 saturated heterocycles. The van der Waals surface area contributed by atoms with E-state index in [2.05, 4.69) is 5.32 Å². The highest BCUT2D eigenvalue weighted by molar-refractivity contribution is 6.35. The minimum atomic E-state index is -0.121. The zero-order valence-electron chi connectivity index (χ0n) is 11.2. The van der Waals surface area contributed by atoms with Gasteiger partial charge in [0.1, 0.15) is 0 Å². The van der Waals surface area contributed by atoms with Crippen molar-refractivity contribution in [2.75, 3.05) is 18.0 Å². The number of amides is 2. The third kappa shape index (κ3) is 4.12. The number of halogens is 2. The molecule has 1 aliphatic carbocycles. The molecular weight excluding hydrogens is 299 g/mol. The Bertz CT molecular complexity index is 510. The van der Waals surface area contributed by atoms with E-state index in [1.54, 1.807) is 23.1 Å². The standard InChI is InChI=1S/C14H16Cl2N2O2/c1-9(19)18(5-4-17-14(20)10-2-3-10)13-7-11(15)6-12(16)8-13/h6-8,10H,2-5H2,1H3,(H,17,20). The number of carbonyl (C=O) groups is 2. The van der Waals surface area contributed by atoms with Crippen LogP contribution in [-0.2, 0) is 9.59 Å². The molecule has 6 heteroatoms. The fraction of sp³-hybridized carbons (Fsp3) is 0.429. The number of hydrogen-bond donors (Lipinski definition) is 1. The number of nitrogens with zero attached hydrogens (tertiary/aromatic N) is 1. The van der Waals surface area contributed by atoms with Crippen molar-refractivity contribution in [3.8, 4) is 0 Å². The predicted molar refractivity (Wildman–Crippen MR) is 80.2 cm³/mol. The van der Waals surface area contributed by atoms with Crippen molar-refractivity contribution in [1.29, 1.82) is 0 Å². The Morgan fingerprint density at radius 3 is 2.35 bits per heavy atom. The summed E-state index contributed by atoms with van der Waals surface area (Å²) in [7, 11) is 0. The molecule has 1 fully saturated rings. The zero-order valence-corrected chi connectivity index (χ0v) is 12.7. The first kappa shape index (κ1) is 15.1. The van der Waals surface area contributed by atoms with Gasteiger partial charge in [-0.25, -0.2) is 0 Å². The first-order chi connectivity index (χ1) is 9.47. The zero-order chi connectivity index (χ0) is 14.7. The average molecular weight is 315 g/mol. The molecular formula is C14H16Cl2N2O2. The number of nitrogens with one attached hydrogen (secondary N) is 1. The smallest absolute Gasteiger partial charge is 0.223 e. The van der Waals surface area contributed by atoms with Gasteiger partial charge in [0, 0.05) is 41.7 Å². The second-order valence-electron chi connectivity index (χ2n) is 4.86. The monoisotopic (exact) mass is 314 g/mol. The van der Waals surface area contributed by atoms with Crippen LogP contribution in [-0.4, -0.2) is 24.9 Å². The van der Waals surface area contributed by atoms with Crippen LogP contribution in [0.1, 0.15) is 19.8 Å². The van der Waals surface area contributed by atoms with Gasteiger partial charge >= 0.3 is 0 Å². The number of benzene rings is 1. The van der Waals surface area contributed by atoms with Crippen molar-refractivity contribution in [2.24, 2.45) is 5.92 Å². The van der Waals surface area contributed by atoms with E-state index < -0.39 is 0 Å². The Morgan fingerprint density at radius 2 is 1.85 bits per heavy atom. The number of anilines is 1. The van der Waals surface area contributed by atoms with Crippen LogP contribution in [0.4, 0.5) is 5.69 Å². The van der Waals surface area contributed by atoms with Crippen molar-refractivity contribution in [2.45, 2.75) is 19.8 Å². The third-order valence-corrected chi connectivity index (χ3v) is 3.56. The molecule has 2 amide bonds. The van der Waals surface area contributed by atoms with E-state index in [4.69, 9.17) is 23.2 Å². The fourth-order valence-electron chi connectivity index (χ4n) is 1.94. The second kappa shape index (κ2) is 6.46. The summed E-state index contributed by atoms with van der Waals surface area (Å²) < 4.78 is 0. The van der Waals surface area contributed by atoms with Crippen molar-refractivity contribution in [3.05, 3.63) is 28.2 Å². The fourth-order valence-corrected chi connectivity index (χ4v) is 2.46. The maximum atomic E-state index is 11.7. The molecule has 2 rings (SSSR count). The highest BCUT2D eigenvalue weighted by Gasteiger charge is 2.29. The van der Waals surface area contributed by atoms with Crippen molar-refractivity contribution in [3.63, 3.8) is 0 Å². The van der Waals surface area contributed by atoms with E-state index in [1.807, 2.05) is 0 Å². The molecule has 0 atom stereocenters. The Kier molecular flexibility index (Phi) is 4.89. The predicted octanol–water partition coefficient (Wildman–Crippen LogP) is 2.87. The first-order valence-corrected chi connectivity index (χ1v) is 7.25. The molecule has 0 unspecified atom stereocenters. The van der Waals surface area contributed by atoms with Crippen LogP contribution in [0, 0.1) is 5.92 Å². The average Bonchev–Trinajstić information content (AvgIpc) is 3.16. The lowest BCUT2D eigenvalue weighted by atomic mass is 10.2. The van der Waals surface area contributed by atoms with Gasteiger partial charge in [-0.2, -0.15) is 0 Å². The summed E-state index contributed by atoms with van der Waals surface area (Å²) in [6.07, 6.45) is 1.93. The molecule has 0 bridgehead atoms. The largest absolute Gasteiger partial charge is 0.354 e. The molecule has 0 aliphatic heterocycles. The third-order valence-electron chi connectivity index (χ3n) is 3.12. The van der Waals surface area contributed by atoms with Crippen molar-refractivity contribution < 1.29 is 9.59 Å². The van der Waals surface area contributed by atoms with E-state index in [0.717, 1.165) is 12.8 Å². The second-order valence-corrected chi connectivity index (χ2v) is 5.74. The van der Waals surface area contributed by atoms with Gasteiger partial charge in [-0.15, -0.1) is 0 Å². The SMILES string of the molecule is CC(=O)N(CCNC(=O)C1CC1)c1cc(Cl)cc(Cl)c1. The van der Waals surface area contributed by atoms with Crippen LogP contribution >= 0.6 is 23.2 Å². The molecule has 1 aromatic carbocycles. The van der Waals surface area contributed by atoms with E-state index in [-0.39, 0.29) is 17.7 Å². The molecule has 0 radical (unpaired) electrons. The molecule has 20 heavy (non-hydrogen) atoms. The molecule has 0 spiro atoms. The van der Waals surface area contributed by atoms with Crippen LogP contribution in [0.3, 0.4) is 0 Å². The Morgan fingerprint density at radius 1 is 1.25 bits per heavy atom.